The Morgan fingerprint density at radius 2 is 2.18 bits per heavy atom. The molecule has 0 radical (unpaired) electrons. The van der Waals surface area contributed by atoms with Crippen LogP contribution in [-0.2, 0) is 4.74 Å². The number of nitrogens with zero attached hydrogens (tertiary/aromatic N) is 1. The van der Waals surface area contributed by atoms with Crippen LogP contribution in [0.25, 0.3) is 0 Å². The summed E-state index contributed by atoms with van der Waals surface area (Å²) in [7, 11) is 0. The molecule has 0 aromatic rings. The van der Waals surface area contributed by atoms with Crippen LogP contribution in [0.1, 0.15) is 39.5 Å². The fraction of sp³-hybridized carbons (Fsp3) is 1.00. The molecule has 0 aromatic carbocycles. The molecule has 0 aromatic heterocycles. The molecule has 2 heterocycles. The van der Waals surface area contributed by atoms with Gasteiger partial charge in [0.25, 0.3) is 0 Å². The van der Waals surface area contributed by atoms with Crippen molar-refractivity contribution in [3.63, 3.8) is 0 Å². The lowest BCUT2D eigenvalue weighted by Gasteiger charge is -2.21. The molecule has 2 atom stereocenters. The molecule has 0 saturated carbocycles. The standard InChI is InChI=1S/C14H28N2O/c1-12(2)11-17-10-4-7-15-13-6-9-16-8-3-5-14(13)16/h12-15H,3-11H2,1-2H3. The Hall–Kier alpha value is -0.120. The van der Waals surface area contributed by atoms with Crippen LogP contribution in [-0.4, -0.2) is 49.8 Å². The van der Waals surface area contributed by atoms with Crippen molar-refractivity contribution in [2.75, 3.05) is 32.8 Å². The van der Waals surface area contributed by atoms with Crippen LogP contribution in [0.3, 0.4) is 0 Å². The molecule has 0 spiro atoms. The van der Waals surface area contributed by atoms with Crippen molar-refractivity contribution < 1.29 is 4.74 Å². The minimum atomic E-state index is 0.657. The average molecular weight is 240 g/mol. The second-order valence-corrected chi connectivity index (χ2v) is 5.92. The van der Waals surface area contributed by atoms with Crippen LogP contribution in [0, 0.1) is 5.92 Å². The van der Waals surface area contributed by atoms with Crippen molar-refractivity contribution in [3.05, 3.63) is 0 Å². The van der Waals surface area contributed by atoms with Crippen LogP contribution in [0.5, 0.6) is 0 Å². The summed E-state index contributed by atoms with van der Waals surface area (Å²) in [6, 6.07) is 1.59. The zero-order valence-corrected chi connectivity index (χ0v) is 11.5. The summed E-state index contributed by atoms with van der Waals surface area (Å²) in [5, 5.41) is 3.72. The Morgan fingerprint density at radius 1 is 1.29 bits per heavy atom. The molecular formula is C14H28N2O. The summed E-state index contributed by atoms with van der Waals surface area (Å²) in [6.45, 7) is 9.97. The third-order valence-electron chi connectivity index (χ3n) is 3.93. The van der Waals surface area contributed by atoms with Crippen molar-refractivity contribution in [1.29, 1.82) is 0 Å². The van der Waals surface area contributed by atoms with Gasteiger partial charge in [0.2, 0.25) is 0 Å². The zero-order valence-electron chi connectivity index (χ0n) is 11.5. The summed E-state index contributed by atoms with van der Waals surface area (Å²) in [5.74, 6) is 0.657. The number of fused-ring (bicyclic) bond motifs is 1. The van der Waals surface area contributed by atoms with Crippen LogP contribution in [0.4, 0.5) is 0 Å². The fourth-order valence-corrected chi connectivity index (χ4v) is 3.10. The average Bonchev–Trinajstić information content (AvgIpc) is 2.86. The van der Waals surface area contributed by atoms with Gasteiger partial charge in [0.15, 0.2) is 0 Å². The molecule has 2 rings (SSSR count). The third kappa shape index (κ3) is 3.94. The van der Waals surface area contributed by atoms with E-state index in [1.54, 1.807) is 0 Å². The largest absolute Gasteiger partial charge is 0.381 e. The molecule has 100 valence electrons. The highest BCUT2D eigenvalue weighted by Crippen LogP contribution is 2.27. The van der Waals surface area contributed by atoms with Gasteiger partial charge < -0.3 is 10.1 Å². The van der Waals surface area contributed by atoms with Gasteiger partial charge in [-0.1, -0.05) is 13.8 Å². The zero-order chi connectivity index (χ0) is 12.1. The summed E-state index contributed by atoms with van der Waals surface area (Å²) >= 11 is 0. The minimum Gasteiger partial charge on any atom is -0.381 e. The SMILES string of the molecule is CC(C)COCCCNC1CCN2CCCC12. The molecule has 2 fully saturated rings. The highest BCUT2D eigenvalue weighted by atomic mass is 16.5. The molecule has 2 aliphatic heterocycles. The molecule has 3 heteroatoms. The summed E-state index contributed by atoms with van der Waals surface area (Å²) in [5.41, 5.74) is 0. The van der Waals surface area contributed by atoms with Crippen molar-refractivity contribution in [2.45, 2.75) is 51.6 Å². The number of ether oxygens (including phenoxy) is 1. The smallest absolute Gasteiger partial charge is 0.0489 e. The van der Waals surface area contributed by atoms with Crippen molar-refractivity contribution in [1.82, 2.24) is 10.2 Å². The quantitative estimate of drug-likeness (QED) is 0.688. The van der Waals surface area contributed by atoms with Gasteiger partial charge in [0.05, 0.1) is 0 Å². The van der Waals surface area contributed by atoms with E-state index in [1.165, 1.54) is 32.4 Å². The molecule has 0 aliphatic carbocycles. The number of hydrogen-bond acceptors (Lipinski definition) is 3. The van der Waals surface area contributed by atoms with Gasteiger partial charge in [0, 0.05) is 31.8 Å². The van der Waals surface area contributed by atoms with Crippen LogP contribution >= 0.6 is 0 Å². The monoisotopic (exact) mass is 240 g/mol. The van der Waals surface area contributed by atoms with E-state index in [0.29, 0.717) is 5.92 Å². The first-order valence-corrected chi connectivity index (χ1v) is 7.32. The third-order valence-corrected chi connectivity index (χ3v) is 3.93. The number of rotatable bonds is 7. The van der Waals surface area contributed by atoms with Crippen molar-refractivity contribution >= 4 is 0 Å². The number of nitrogens with one attached hydrogen (secondary N) is 1. The molecule has 2 unspecified atom stereocenters. The predicted octanol–water partition coefficient (Wildman–Crippen LogP) is 1.88. The van der Waals surface area contributed by atoms with Gasteiger partial charge in [-0.3, -0.25) is 4.90 Å². The molecule has 0 bridgehead atoms. The Balaban J connectivity index is 1.51. The maximum Gasteiger partial charge on any atom is 0.0489 e. The van der Waals surface area contributed by atoms with E-state index in [-0.39, 0.29) is 0 Å². The van der Waals surface area contributed by atoms with E-state index in [1.807, 2.05) is 0 Å². The second-order valence-electron chi connectivity index (χ2n) is 5.92. The van der Waals surface area contributed by atoms with E-state index in [9.17, 15) is 0 Å². The fourth-order valence-electron chi connectivity index (χ4n) is 3.10. The van der Waals surface area contributed by atoms with E-state index < -0.39 is 0 Å². The van der Waals surface area contributed by atoms with E-state index in [2.05, 4.69) is 24.1 Å². The minimum absolute atomic E-state index is 0.657. The summed E-state index contributed by atoms with van der Waals surface area (Å²) in [4.78, 5) is 2.66. The maximum absolute atomic E-state index is 5.60. The lowest BCUT2D eigenvalue weighted by Crippen LogP contribution is -2.39. The molecule has 17 heavy (non-hydrogen) atoms. The van der Waals surface area contributed by atoms with Gasteiger partial charge >= 0.3 is 0 Å². The number of hydrogen-bond donors (Lipinski definition) is 1. The highest BCUT2D eigenvalue weighted by molar-refractivity contribution is 4.95. The topological polar surface area (TPSA) is 24.5 Å². The molecular weight excluding hydrogens is 212 g/mol. The Morgan fingerprint density at radius 3 is 3.00 bits per heavy atom. The van der Waals surface area contributed by atoms with Gasteiger partial charge in [-0.05, 0) is 44.7 Å². The first-order valence-electron chi connectivity index (χ1n) is 7.32. The summed E-state index contributed by atoms with van der Waals surface area (Å²) in [6.07, 6.45) is 5.30. The van der Waals surface area contributed by atoms with Gasteiger partial charge in [-0.2, -0.15) is 0 Å². The van der Waals surface area contributed by atoms with Gasteiger partial charge in [-0.15, -0.1) is 0 Å². The first-order chi connectivity index (χ1) is 8.27. The van der Waals surface area contributed by atoms with E-state index in [0.717, 1.165) is 38.3 Å². The van der Waals surface area contributed by atoms with E-state index >= 15 is 0 Å². The molecule has 2 aliphatic rings. The highest BCUT2D eigenvalue weighted by Gasteiger charge is 2.36. The maximum atomic E-state index is 5.60. The van der Waals surface area contributed by atoms with Gasteiger partial charge in [-0.25, -0.2) is 0 Å². The molecule has 0 amide bonds. The Labute approximate surface area is 106 Å². The molecule has 2 saturated heterocycles. The van der Waals surface area contributed by atoms with Gasteiger partial charge in [0.1, 0.15) is 0 Å². The van der Waals surface area contributed by atoms with Crippen LogP contribution < -0.4 is 5.32 Å². The summed E-state index contributed by atoms with van der Waals surface area (Å²) < 4.78 is 5.60. The van der Waals surface area contributed by atoms with Crippen molar-refractivity contribution in [2.24, 2.45) is 5.92 Å². The lowest BCUT2D eigenvalue weighted by atomic mass is 10.1. The lowest BCUT2D eigenvalue weighted by molar-refractivity contribution is 0.107. The normalized spacial score (nSPS) is 29.1. The van der Waals surface area contributed by atoms with Crippen LogP contribution in [0.15, 0.2) is 0 Å². The first kappa shape index (κ1) is 13.3. The Bertz CT molecular complexity index is 220. The van der Waals surface area contributed by atoms with E-state index in [4.69, 9.17) is 4.74 Å². The molecule has 1 N–H and O–H groups in total. The van der Waals surface area contributed by atoms with Crippen molar-refractivity contribution in [3.8, 4) is 0 Å². The molecule has 3 nitrogen and oxygen atoms in total. The van der Waals surface area contributed by atoms with Crippen LogP contribution in [0.2, 0.25) is 0 Å². The predicted molar refractivity (Wildman–Crippen MR) is 71.3 cm³/mol. The second kappa shape index (κ2) is 6.72. The Kier molecular flexibility index (Phi) is 5.26.